The Morgan fingerprint density at radius 3 is 2.29 bits per heavy atom. The van der Waals surface area contributed by atoms with E-state index >= 15 is 0 Å². The smallest absolute Gasteiger partial charge is 0.0705 e. The van der Waals surface area contributed by atoms with E-state index < -0.39 is 0 Å². The number of aryl methyl sites for hydroxylation is 3. The highest BCUT2D eigenvalue weighted by molar-refractivity contribution is 5.79. The van der Waals surface area contributed by atoms with E-state index in [1.54, 1.807) is 0 Å². The van der Waals surface area contributed by atoms with Crippen LogP contribution < -0.4 is 5.73 Å². The number of rotatable bonds is 2. The molecule has 0 aliphatic carbocycles. The van der Waals surface area contributed by atoms with Gasteiger partial charge in [0.15, 0.2) is 0 Å². The van der Waals surface area contributed by atoms with Crippen molar-refractivity contribution in [3.63, 3.8) is 0 Å². The Labute approximate surface area is 125 Å². The van der Waals surface area contributed by atoms with Gasteiger partial charge in [0.05, 0.1) is 11.6 Å². The summed E-state index contributed by atoms with van der Waals surface area (Å²) in [4.78, 5) is 4.53. The topological polar surface area (TPSA) is 38.9 Å². The summed E-state index contributed by atoms with van der Waals surface area (Å²) < 4.78 is 0. The fourth-order valence-corrected chi connectivity index (χ4v) is 2.59. The zero-order valence-corrected chi connectivity index (χ0v) is 12.7. The molecule has 1 heterocycles. The maximum atomic E-state index is 6.44. The van der Waals surface area contributed by atoms with Crippen LogP contribution in [-0.2, 0) is 0 Å². The molecule has 3 rings (SSSR count). The van der Waals surface area contributed by atoms with Crippen LogP contribution in [0.15, 0.2) is 48.5 Å². The van der Waals surface area contributed by atoms with Gasteiger partial charge in [0.2, 0.25) is 0 Å². The molecule has 106 valence electrons. The minimum atomic E-state index is -0.102. The van der Waals surface area contributed by atoms with Gasteiger partial charge < -0.3 is 5.73 Å². The van der Waals surface area contributed by atoms with Crippen LogP contribution in [0.25, 0.3) is 10.9 Å². The van der Waals surface area contributed by atoms with Crippen LogP contribution in [0.1, 0.15) is 34.0 Å². The zero-order chi connectivity index (χ0) is 15.0. The molecule has 0 radical (unpaired) electrons. The van der Waals surface area contributed by atoms with Crippen LogP contribution in [0.5, 0.6) is 0 Å². The Morgan fingerprint density at radius 1 is 0.810 bits per heavy atom. The van der Waals surface area contributed by atoms with Crippen LogP contribution in [0.4, 0.5) is 0 Å². The predicted molar refractivity (Wildman–Crippen MR) is 88.4 cm³/mol. The number of hydrogen-bond donors (Lipinski definition) is 1. The fraction of sp³-hybridized carbons (Fsp3) is 0.211. The minimum absolute atomic E-state index is 0.102. The summed E-state index contributed by atoms with van der Waals surface area (Å²) in [5.41, 5.74) is 13.3. The van der Waals surface area contributed by atoms with E-state index in [0.29, 0.717) is 0 Å². The van der Waals surface area contributed by atoms with Crippen LogP contribution in [0.2, 0.25) is 0 Å². The number of fused-ring (bicyclic) bond motifs is 1. The summed E-state index contributed by atoms with van der Waals surface area (Å²) in [5.74, 6) is 0. The predicted octanol–water partition coefficient (Wildman–Crippen LogP) is 4.21. The van der Waals surface area contributed by atoms with Crippen molar-refractivity contribution in [3.05, 3.63) is 76.5 Å². The molecule has 1 aromatic heterocycles. The van der Waals surface area contributed by atoms with E-state index in [1.165, 1.54) is 11.1 Å². The van der Waals surface area contributed by atoms with Crippen molar-refractivity contribution >= 4 is 10.9 Å². The molecule has 2 N–H and O–H groups in total. The minimum Gasteiger partial charge on any atom is -0.320 e. The highest BCUT2D eigenvalue weighted by atomic mass is 14.7. The molecule has 0 aliphatic heterocycles. The van der Waals surface area contributed by atoms with E-state index in [9.17, 15) is 0 Å². The highest BCUT2D eigenvalue weighted by Gasteiger charge is 2.10. The van der Waals surface area contributed by atoms with Gasteiger partial charge in [-0.1, -0.05) is 30.3 Å². The van der Waals surface area contributed by atoms with Gasteiger partial charge in [0, 0.05) is 11.1 Å². The lowest BCUT2D eigenvalue weighted by molar-refractivity contribution is 0.870. The summed E-state index contributed by atoms with van der Waals surface area (Å²) in [5, 5.41) is 1.14. The average molecular weight is 276 g/mol. The summed E-state index contributed by atoms with van der Waals surface area (Å²) in [7, 11) is 0. The largest absolute Gasteiger partial charge is 0.320 e. The molecule has 0 spiro atoms. The number of nitrogens with two attached hydrogens (primary N) is 1. The molecule has 3 aromatic rings. The standard InChI is InChI=1S/C19H20N2/c1-12-4-6-16(10-13(12)2)19(20)17-8-9-18-15(11-17)7-5-14(3)21-18/h4-11,19H,20H2,1-3H3. The van der Waals surface area contributed by atoms with Gasteiger partial charge in [0.25, 0.3) is 0 Å². The summed E-state index contributed by atoms with van der Waals surface area (Å²) in [6.07, 6.45) is 0. The van der Waals surface area contributed by atoms with E-state index in [2.05, 4.69) is 61.3 Å². The third-order valence-electron chi connectivity index (χ3n) is 4.10. The second-order valence-corrected chi connectivity index (χ2v) is 5.73. The van der Waals surface area contributed by atoms with Crippen molar-refractivity contribution in [2.45, 2.75) is 26.8 Å². The van der Waals surface area contributed by atoms with Crippen molar-refractivity contribution in [2.24, 2.45) is 5.73 Å². The van der Waals surface area contributed by atoms with Crippen LogP contribution in [0, 0.1) is 20.8 Å². The Bertz CT molecular complexity index is 806. The highest BCUT2D eigenvalue weighted by Crippen LogP contribution is 2.24. The van der Waals surface area contributed by atoms with Crippen molar-refractivity contribution < 1.29 is 0 Å². The fourth-order valence-electron chi connectivity index (χ4n) is 2.59. The first kappa shape index (κ1) is 13.8. The third-order valence-corrected chi connectivity index (χ3v) is 4.10. The van der Waals surface area contributed by atoms with Crippen molar-refractivity contribution in [1.29, 1.82) is 0 Å². The summed E-state index contributed by atoms with van der Waals surface area (Å²) in [6, 6.07) is 16.7. The molecular weight excluding hydrogens is 256 g/mol. The van der Waals surface area contributed by atoms with Crippen LogP contribution in [-0.4, -0.2) is 4.98 Å². The zero-order valence-electron chi connectivity index (χ0n) is 12.7. The molecule has 0 fully saturated rings. The molecule has 1 atom stereocenters. The monoisotopic (exact) mass is 276 g/mol. The number of aromatic nitrogens is 1. The number of pyridine rings is 1. The molecule has 2 nitrogen and oxygen atoms in total. The average Bonchev–Trinajstić information content (AvgIpc) is 2.49. The van der Waals surface area contributed by atoms with Gasteiger partial charge in [-0.25, -0.2) is 0 Å². The van der Waals surface area contributed by atoms with Gasteiger partial charge >= 0.3 is 0 Å². The first-order valence-electron chi connectivity index (χ1n) is 7.24. The van der Waals surface area contributed by atoms with E-state index in [-0.39, 0.29) is 6.04 Å². The van der Waals surface area contributed by atoms with E-state index in [1.807, 2.05) is 13.0 Å². The lowest BCUT2D eigenvalue weighted by Gasteiger charge is -2.15. The lowest BCUT2D eigenvalue weighted by Crippen LogP contribution is -2.12. The quantitative estimate of drug-likeness (QED) is 0.761. The Hall–Kier alpha value is -2.19. The van der Waals surface area contributed by atoms with Gasteiger partial charge in [-0.05, 0) is 61.2 Å². The molecule has 0 aliphatic rings. The molecular formula is C19H20N2. The molecule has 2 aromatic carbocycles. The second-order valence-electron chi connectivity index (χ2n) is 5.73. The molecule has 0 bridgehead atoms. The lowest BCUT2D eigenvalue weighted by atomic mass is 9.95. The van der Waals surface area contributed by atoms with Gasteiger partial charge in [-0.15, -0.1) is 0 Å². The molecule has 21 heavy (non-hydrogen) atoms. The first-order chi connectivity index (χ1) is 10.0. The Morgan fingerprint density at radius 2 is 1.52 bits per heavy atom. The van der Waals surface area contributed by atoms with Crippen molar-refractivity contribution in [1.82, 2.24) is 4.98 Å². The van der Waals surface area contributed by atoms with Gasteiger partial charge in [-0.2, -0.15) is 0 Å². The molecule has 1 unspecified atom stereocenters. The molecule has 0 saturated heterocycles. The van der Waals surface area contributed by atoms with Crippen LogP contribution >= 0.6 is 0 Å². The van der Waals surface area contributed by atoms with Gasteiger partial charge in [-0.3, -0.25) is 4.98 Å². The summed E-state index contributed by atoms with van der Waals surface area (Å²) in [6.45, 7) is 6.25. The Balaban J connectivity index is 2.02. The first-order valence-corrected chi connectivity index (χ1v) is 7.24. The normalized spacial score (nSPS) is 12.6. The molecule has 0 saturated carbocycles. The number of nitrogens with zero attached hydrogens (tertiary/aromatic N) is 1. The second kappa shape index (κ2) is 5.30. The Kier molecular flexibility index (Phi) is 3.48. The number of hydrogen-bond acceptors (Lipinski definition) is 2. The van der Waals surface area contributed by atoms with E-state index in [4.69, 9.17) is 5.73 Å². The summed E-state index contributed by atoms with van der Waals surface area (Å²) >= 11 is 0. The van der Waals surface area contributed by atoms with Crippen molar-refractivity contribution in [3.8, 4) is 0 Å². The third kappa shape index (κ3) is 2.67. The van der Waals surface area contributed by atoms with Crippen molar-refractivity contribution in [2.75, 3.05) is 0 Å². The van der Waals surface area contributed by atoms with E-state index in [0.717, 1.165) is 27.7 Å². The SMILES string of the molecule is Cc1ccc2cc(C(N)c3ccc(C)c(C)c3)ccc2n1. The number of benzene rings is 2. The molecule has 0 amide bonds. The van der Waals surface area contributed by atoms with Crippen LogP contribution in [0.3, 0.4) is 0 Å². The maximum absolute atomic E-state index is 6.44. The molecule has 2 heteroatoms. The maximum Gasteiger partial charge on any atom is 0.0705 e. The van der Waals surface area contributed by atoms with Gasteiger partial charge in [0.1, 0.15) is 0 Å².